The van der Waals surface area contributed by atoms with Gasteiger partial charge in [-0.3, -0.25) is 10.2 Å². The first-order valence-corrected chi connectivity index (χ1v) is 10.5. The summed E-state index contributed by atoms with van der Waals surface area (Å²) in [6, 6.07) is 9.29. The van der Waals surface area contributed by atoms with Crippen LogP contribution in [0.2, 0.25) is 0 Å². The Labute approximate surface area is 174 Å². The molecule has 0 spiro atoms. The van der Waals surface area contributed by atoms with Crippen LogP contribution in [0.4, 0.5) is 10.5 Å². The van der Waals surface area contributed by atoms with Gasteiger partial charge in [0.25, 0.3) is 0 Å². The zero-order valence-electron chi connectivity index (χ0n) is 17.2. The third kappa shape index (κ3) is 5.25. The van der Waals surface area contributed by atoms with Gasteiger partial charge in [-0.2, -0.15) is 0 Å². The van der Waals surface area contributed by atoms with Crippen LogP contribution >= 0.6 is 11.3 Å². The SMILES string of the molecule is CCOC(=O)Nc1ccc2c(CN(Cc3sccc3C)C(C)C)cc(=O)oc2c1. The Bertz CT molecular complexity index is 1050. The number of thiophene rings is 1. The van der Waals surface area contributed by atoms with Crippen LogP contribution in [0.15, 0.2) is 44.9 Å². The Morgan fingerprint density at radius 1 is 1.24 bits per heavy atom. The molecule has 0 unspecified atom stereocenters. The number of nitrogens with zero attached hydrogens (tertiary/aromatic N) is 1. The maximum absolute atomic E-state index is 12.2. The summed E-state index contributed by atoms with van der Waals surface area (Å²) in [5, 5.41) is 5.60. The smallest absolute Gasteiger partial charge is 0.411 e. The molecule has 154 valence electrons. The van der Waals surface area contributed by atoms with Crippen molar-refractivity contribution in [2.75, 3.05) is 11.9 Å². The molecule has 0 aliphatic carbocycles. The van der Waals surface area contributed by atoms with Gasteiger partial charge in [0.15, 0.2) is 0 Å². The first-order valence-electron chi connectivity index (χ1n) is 9.65. The van der Waals surface area contributed by atoms with E-state index in [0.29, 0.717) is 23.9 Å². The lowest BCUT2D eigenvalue weighted by Crippen LogP contribution is -2.30. The summed E-state index contributed by atoms with van der Waals surface area (Å²) in [6.07, 6.45) is -0.539. The number of carbonyl (C=O) groups excluding carboxylic acids is 1. The number of hydrogen-bond acceptors (Lipinski definition) is 6. The average molecular weight is 415 g/mol. The predicted molar refractivity (Wildman–Crippen MR) is 117 cm³/mol. The van der Waals surface area contributed by atoms with E-state index >= 15 is 0 Å². The molecule has 0 fully saturated rings. The molecule has 0 aliphatic heterocycles. The Balaban J connectivity index is 1.90. The zero-order valence-corrected chi connectivity index (χ0v) is 18.0. The first-order chi connectivity index (χ1) is 13.9. The molecule has 0 aliphatic rings. The van der Waals surface area contributed by atoms with Gasteiger partial charge < -0.3 is 9.15 Å². The summed E-state index contributed by atoms with van der Waals surface area (Å²) in [5.41, 5.74) is 2.75. The number of hydrogen-bond donors (Lipinski definition) is 1. The largest absolute Gasteiger partial charge is 0.450 e. The van der Waals surface area contributed by atoms with Crippen LogP contribution in [0.25, 0.3) is 11.0 Å². The van der Waals surface area contributed by atoms with Crippen molar-refractivity contribution in [2.45, 2.75) is 46.8 Å². The molecule has 1 N–H and O–H groups in total. The molecule has 7 heteroatoms. The number of anilines is 1. The van der Waals surface area contributed by atoms with E-state index in [9.17, 15) is 9.59 Å². The third-order valence-electron chi connectivity index (χ3n) is 4.77. The molecule has 0 radical (unpaired) electrons. The number of amides is 1. The van der Waals surface area contributed by atoms with Gasteiger partial charge in [-0.25, -0.2) is 9.59 Å². The lowest BCUT2D eigenvalue weighted by Gasteiger charge is -2.26. The second-order valence-corrected chi connectivity index (χ2v) is 8.17. The quantitative estimate of drug-likeness (QED) is 0.542. The summed E-state index contributed by atoms with van der Waals surface area (Å²) in [7, 11) is 0. The third-order valence-corrected chi connectivity index (χ3v) is 5.78. The molecule has 0 atom stereocenters. The maximum atomic E-state index is 12.2. The first kappa shape index (κ1) is 21.1. The van der Waals surface area contributed by atoms with Crippen molar-refractivity contribution in [1.29, 1.82) is 0 Å². The normalized spacial score (nSPS) is 11.4. The standard InChI is InChI=1S/C22H26N2O4S/c1-5-27-22(26)23-17-6-7-18-16(10-21(25)28-19(18)11-17)12-24(14(2)3)13-20-15(4)8-9-29-20/h6-11,14H,5,12-13H2,1-4H3,(H,23,26). The highest BCUT2D eigenvalue weighted by molar-refractivity contribution is 7.10. The molecule has 1 amide bonds. The highest BCUT2D eigenvalue weighted by Gasteiger charge is 2.16. The number of rotatable bonds is 7. The van der Waals surface area contributed by atoms with Gasteiger partial charge in [-0.05, 0) is 62.4 Å². The van der Waals surface area contributed by atoms with Gasteiger partial charge in [0, 0.05) is 47.2 Å². The van der Waals surface area contributed by atoms with Crippen LogP contribution in [-0.2, 0) is 17.8 Å². The number of benzene rings is 1. The molecular formula is C22H26N2O4S. The van der Waals surface area contributed by atoms with Crippen molar-refractivity contribution in [3.63, 3.8) is 0 Å². The van der Waals surface area contributed by atoms with E-state index in [2.05, 4.69) is 42.4 Å². The van der Waals surface area contributed by atoms with Crippen molar-refractivity contribution in [1.82, 2.24) is 4.90 Å². The zero-order chi connectivity index (χ0) is 21.0. The minimum absolute atomic E-state index is 0.285. The molecule has 0 saturated heterocycles. The molecule has 3 rings (SSSR count). The fourth-order valence-corrected chi connectivity index (χ4v) is 4.04. The lowest BCUT2D eigenvalue weighted by atomic mass is 10.1. The molecule has 0 saturated carbocycles. The second-order valence-electron chi connectivity index (χ2n) is 7.17. The number of ether oxygens (including phenoxy) is 1. The summed E-state index contributed by atoms with van der Waals surface area (Å²) in [4.78, 5) is 27.5. The Morgan fingerprint density at radius 3 is 2.69 bits per heavy atom. The van der Waals surface area contributed by atoms with E-state index in [1.54, 1.807) is 36.5 Å². The van der Waals surface area contributed by atoms with Crippen molar-refractivity contribution < 1.29 is 13.9 Å². The van der Waals surface area contributed by atoms with Crippen molar-refractivity contribution in [2.24, 2.45) is 0 Å². The molecule has 0 bridgehead atoms. The van der Waals surface area contributed by atoms with Gasteiger partial charge in [-0.1, -0.05) is 0 Å². The maximum Gasteiger partial charge on any atom is 0.411 e. The fourth-order valence-electron chi connectivity index (χ4n) is 3.11. The predicted octanol–water partition coefficient (Wildman–Crippen LogP) is 5.14. The molecule has 6 nitrogen and oxygen atoms in total. The van der Waals surface area contributed by atoms with Crippen molar-refractivity contribution >= 4 is 34.1 Å². The molecule has 29 heavy (non-hydrogen) atoms. The average Bonchev–Trinajstić information content (AvgIpc) is 3.05. The van der Waals surface area contributed by atoms with Gasteiger partial charge in [0.05, 0.1) is 6.61 Å². The van der Waals surface area contributed by atoms with E-state index < -0.39 is 11.7 Å². The van der Waals surface area contributed by atoms with E-state index in [1.165, 1.54) is 10.4 Å². The van der Waals surface area contributed by atoms with E-state index in [4.69, 9.17) is 9.15 Å². The number of carbonyl (C=O) groups is 1. The summed E-state index contributed by atoms with van der Waals surface area (Å²) >= 11 is 1.75. The Hall–Kier alpha value is -2.64. The lowest BCUT2D eigenvalue weighted by molar-refractivity contribution is 0.168. The van der Waals surface area contributed by atoms with E-state index in [1.807, 2.05) is 6.07 Å². The molecule has 2 aromatic heterocycles. The van der Waals surface area contributed by atoms with E-state index in [0.717, 1.165) is 17.5 Å². The van der Waals surface area contributed by atoms with Crippen molar-refractivity contribution in [3.05, 3.63) is 62.1 Å². The van der Waals surface area contributed by atoms with Crippen LogP contribution in [0.3, 0.4) is 0 Å². The van der Waals surface area contributed by atoms with Gasteiger partial charge >= 0.3 is 11.7 Å². The topological polar surface area (TPSA) is 71.8 Å². The van der Waals surface area contributed by atoms with Crippen LogP contribution < -0.4 is 10.9 Å². The van der Waals surface area contributed by atoms with Crippen LogP contribution in [0, 0.1) is 6.92 Å². The Kier molecular flexibility index (Phi) is 6.71. The molecular weight excluding hydrogens is 388 g/mol. The number of aryl methyl sites for hydroxylation is 1. The van der Waals surface area contributed by atoms with Crippen LogP contribution in [-0.4, -0.2) is 23.6 Å². The molecule has 2 heterocycles. The van der Waals surface area contributed by atoms with Crippen molar-refractivity contribution in [3.8, 4) is 0 Å². The summed E-state index contributed by atoms with van der Waals surface area (Å²) < 4.78 is 10.3. The number of fused-ring (bicyclic) bond motifs is 1. The fraction of sp³-hybridized carbons (Fsp3) is 0.364. The van der Waals surface area contributed by atoms with Gasteiger partial charge in [0.2, 0.25) is 0 Å². The van der Waals surface area contributed by atoms with E-state index in [-0.39, 0.29) is 6.61 Å². The summed E-state index contributed by atoms with van der Waals surface area (Å²) in [6.45, 7) is 9.90. The number of nitrogens with one attached hydrogen (secondary N) is 1. The minimum Gasteiger partial charge on any atom is -0.450 e. The van der Waals surface area contributed by atoms with Gasteiger partial charge in [-0.15, -0.1) is 11.3 Å². The minimum atomic E-state index is -0.539. The monoisotopic (exact) mass is 414 g/mol. The van der Waals surface area contributed by atoms with Crippen LogP contribution in [0.1, 0.15) is 36.8 Å². The molecule has 3 aromatic rings. The van der Waals surface area contributed by atoms with Crippen LogP contribution in [0.5, 0.6) is 0 Å². The van der Waals surface area contributed by atoms with Gasteiger partial charge in [0.1, 0.15) is 5.58 Å². The molecule has 1 aromatic carbocycles. The summed E-state index contributed by atoms with van der Waals surface area (Å²) in [5.74, 6) is 0. The Morgan fingerprint density at radius 2 is 2.03 bits per heavy atom. The highest BCUT2D eigenvalue weighted by Crippen LogP contribution is 2.25. The second kappa shape index (κ2) is 9.24. The highest BCUT2D eigenvalue weighted by atomic mass is 32.1.